The molecule has 0 aromatic heterocycles. The number of hydrogen-bond donors (Lipinski definition) is 2. The standard InChI is InChI=1S/C11H12ClNO5S/c1-13-10(14)4-5-19(17,18)9-6-7(11(15)16)2-3-8(9)12/h2-3,6H,4-5H2,1H3,(H,13,14)(H,15,16). The third kappa shape index (κ3) is 3.93. The lowest BCUT2D eigenvalue weighted by Gasteiger charge is -2.07. The molecule has 0 unspecified atom stereocenters. The largest absolute Gasteiger partial charge is 0.478 e. The Kier molecular flexibility index (Phi) is 4.90. The van der Waals surface area contributed by atoms with E-state index in [0.29, 0.717) is 0 Å². The maximum absolute atomic E-state index is 12.0. The van der Waals surface area contributed by atoms with Crippen molar-refractivity contribution in [1.82, 2.24) is 5.32 Å². The van der Waals surface area contributed by atoms with Crippen LogP contribution in [0.2, 0.25) is 5.02 Å². The number of sulfone groups is 1. The minimum atomic E-state index is -3.81. The highest BCUT2D eigenvalue weighted by Gasteiger charge is 2.21. The maximum atomic E-state index is 12.0. The van der Waals surface area contributed by atoms with Crippen LogP contribution in [0, 0.1) is 0 Å². The van der Waals surface area contributed by atoms with Crippen molar-refractivity contribution in [1.29, 1.82) is 0 Å². The zero-order valence-electron chi connectivity index (χ0n) is 10.0. The third-order valence-corrected chi connectivity index (χ3v) is 4.58. The molecule has 0 atom stereocenters. The van der Waals surface area contributed by atoms with Crippen LogP contribution in [0.4, 0.5) is 0 Å². The van der Waals surface area contributed by atoms with Crippen molar-refractivity contribution < 1.29 is 23.1 Å². The van der Waals surface area contributed by atoms with Crippen LogP contribution >= 0.6 is 11.6 Å². The number of hydrogen-bond acceptors (Lipinski definition) is 4. The number of aromatic carboxylic acids is 1. The van der Waals surface area contributed by atoms with Gasteiger partial charge in [0.15, 0.2) is 9.84 Å². The van der Waals surface area contributed by atoms with Crippen molar-refractivity contribution in [2.75, 3.05) is 12.8 Å². The number of carboxylic acid groups (broad SMARTS) is 1. The molecule has 1 aromatic carbocycles. The lowest BCUT2D eigenvalue weighted by atomic mass is 10.2. The molecule has 1 rings (SSSR count). The van der Waals surface area contributed by atoms with Crippen molar-refractivity contribution in [3.63, 3.8) is 0 Å². The molecule has 2 N–H and O–H groups in total. The number of halogens is 1. The Morgan fingerprint density at radius 1 is 1.37 bits per heavy atom. The fourth-order valence-corrected chi connectivity index (χ4v) is 3.15. The summed E-state index contributed by atoms with van der Waals surface area (Å²) in [6, 6.07) is 3.41. The maximum Gasteiger partial charge on any atom is 0.335 e. The molecule has 0 radical (unpaired) electrons. The Labute approximate surface area is 115 Å². The predicted molar refractivity (Wildman–Crippen MR) is 69.1 cm³/mol. The molecule has 1 amide bonds. The minimum Gasteiger partial charge on any atom is -0.478 e. The number of nitrogens with one attached hydrogen (secondary N) is 1. The number of rotatable bonds is 5. The van der Waals surface area contributed by atoms with Crippen molar-refractivity contribution in [3.8, 4) is 0 Å². The highest BCUT2D eigenvalue weighted by molar-refractivity contribution is 7.91. The van der Waals surface area contributed by atoms with E-state index in [-0.39, 0.29) is 21.9 Å². The van der Waals surface area contributed by atoms with Gasteiger partial charge in [0.1, 0.15) is 0 Å². The van der Waals surface area contributed by atoms with Crippen molar-refractivity contribution in [2.24, 2.45) is 0 Å². The molecule has 0 spiro atoms. The van der Waals surface area contributed by atoms with Gasteiger partial charge in [0, 0.05) is 13.5 Å². The second-order valence-corrected chi connectivity index (χ2v) is 6.18. The van der Waals surface area contributed by atoms with Gasteiger partial charge >= 0.3 is 5.97 Å². The number of amides is 1. The normalized spacial score (nSPS) is 11.1. The van der Waals surface area contributed by atoms with E-state index in [1.807, 2.05) is 0 Å². The summed E-state index contributed by atoms with van der Waals surface area (Å²) in [6.45, 7) is 0. The van der Waals surface area contributed by atoms with Crippen LogP contribution in [0.5, 0.6) is 0 Å². The lowest BCUT2D eigenvalue weighted by Crippen LogP contribution is -2.21. The molecule has 0 aliphatic rings. The monoisotopic (exact) mass is 305 g/mol. The average molecular weight is 306 g/mol. The van der Waals surface area contributed by atoms with Gasteiger partial charge in [-0.25, -0.2) is 13.2 Å². The zero-order valence-corrected chi connectivity index (χ0v) is 11.6. The number of carbonyl (C=O) groups is 2. The molecule has 1 aromatic rings. The molecule has 0 aliphatic carbocycles. The highest BCUT2D eigenvalue weighted by atomic mass is 35.5. The molecule has 104 valence electrons. The van der Waals surface area contributed by atoms with E-state index < -0.39 is 27.5 Å². The first-order valence-corrected chi connectivity index (χ1v) is 7.27. The van der Waals surface area contributed by atoms with Gasteiger partial charge in [0.05, 0.1) is 21.2 Å². The van der Waals surface area contributed by atoms with Crippen molar-refractivity contribution in [3.05, 3.63) is 28.8 Å². The lowest BCUT2D eigenvalue weighted by molar-refractivity contribution is -0.120. The topological polar surface area (TPSA) is 101 Å². The Bertz CT molecular complexity index is 612. The fourth-order valence-electron chi connectivity index (χ4n) is 1.34. The molecule has 8 heteroatoms. The van der Waals surface area contributed by atoms with Gasteiger partial charge in [-0.15, -0.1) is 0 Å². The first-order valence-electron chi connectivity index (χ1n) is 5.24. The Balaban J connectivity index is 3.10. The minimum absolute atomic E-state index is 0.0677. The van der Waals surface area contributed by atoms with Crippen LogP contribution in [0.3, 0.4) is 0 Å². The van der Waals surface area contributed by atoms with Gasteiger partial charge in [0.2, 0.25) is 5.91 Å². The van der Waals surface area contributed by atoms with Crippen LogP contribution < -0.4 is 5.32 Å². The summed E-state index contributed by atoms with van der Waals surface area (Å²) in [4.78, 5) is 21.6. The Morgan fingerprint density at radius 3 is 2.53 bits per heavy atom. The van der Waals surface area contributed by atoms with Crippen LogP contribution in [-0.2, 0) is 14.6 Å². The van der Waals surface area contributed by atoms with Gasteiger partial charge < -0.3 is 10.4 Å². The van der Waals surface area contributed by atoms with Crippen molar-refractivity contribution >= 4 is 33.3 Å². The van der Waals surface area contributed by atoms with Gasteiger partial charge in [-0.2, -0.15) is 0 Å². The van der Waals surface area contributed by atoms with E-state index >= 15 is 0 Å². The number of benzene rings is 1. The summed E-state index contributed by atoms with van der Waals surface area (Å²) in [5.74, 6) is -2.11. The highest BCUT2D eigenvalue weighted by Crippen LogP contribution is 2.24. The van der Waals surface area contributed by atoms with Gasteiger partial charge in [-0.05, 0) is 18.2 Å². The molecule has 6 nitrogen and oxygen atoms in total. The molecule has 0 fully saturated rings. The van der Waals surface area contributed by atoms with E-state index in [2.05, 4.69) is 5.32 Å². The summed E-state index contributed by atoms with van der Waals surface area (Å²) >= 11 is 5.76. The molecule has 0 saturated heterocycles. The number of carbonyl (C=O) groups excluding carboxylic acids is 1. The molecule has 19 heavy (non-hydrogen) atoms. The van der Waals surface area contributed by atoms with E-state index in [1.54, 1.807) is 0 Å². The van der Waals surface area contributed by atoms with Gasteiger partial charge in [-0.3, -0.25) is 4.79 Å². The summed E-state index contributed by atoms with van der Waals surface area (Å²) in [6.07, 6.45) is -0.216. The van der Waals surface area contributed by atoms with Gasteiger partial charge in [-0.1, -0.05) is 11.6 Å². The molecular formula is C11H12ClNO5S. The van der Waals surface area contributed by atoms with Crippen LogP contribution in [0.1, 0.15) is 16.8 Å². The van der Waals surface area contributed by atoms with Crippen LogP contribution in [0.25, 0.3) is 0 Å². The van der Waals surface area contributed by atoms with Crippen LogP contribution in [-0.4, -0.2) is 38.2 Å². The zero-order chi connectivity index (χ0) is 14.6. The predicted octanol–water partition coefficient (Wildman–Crippen LogP) is 0.948. The SMILES string of the molecule is CNC(=O)CCS(=O)(=O)c1cc(C(=O)O)ccc1Cl. The molecular weight excluding hydrogens is 294 g/mol. The second kappa shape index (κ2) is 6.03. The summed E-state index contributed by atoms with van der Waals surface area (Å²) in [5.41, 5.74) is -0.178. The van der Waals surface area contributed by atoms with Gasteiger partial charge in [0.25, 0.3) is 0 Å². The van der Waals surface area contributed by atoms with Crippen molar-refractivity contribution in [2.45, 2.75) is 11.3 Å². The quantitative estimate of drug-likeness (QED) is 0.843. The second-order valence-electron chi connectivity index (χ2n) is 3.69. The molecule has 0 bridgehead atoms. The smallest absolute Gasteiger partial charge is 0.335 e. The molecule has 0 saturated carbocycles. The summed E-state index contributed by atoms with van der Waals surface area (Å²) in [5, 5.41) is 11.1. The first-order chi connectivity index (χ1) is 8.77. The van der Waals surface area contributed by atoms with E-state index in [1.165, 1.54) is 19.2 Å². The number of carboxylic acids is 1. The molecule has 0 heterocycles. The third-order valence-electron chi connectivity index (χ3n) is 2.39. The Morgan fingerprint density at radius 2 is 2.00 bits per heavy atom. The van der Waals surface area contributed by atoms with E-state index in [0.717, 1.165) is 6.07 Å². The van der Waals surface area contributed by atoms with E-state index in [4.69, 9.17) is 16.7 Å². The summed E-state index contributed by atoms with van der Waals surface area (Å²) < 4.78 is 24.0. The summed E-state index contributed by atoms with van der Waals surface area (Å²) in [7, 11) is -2.41. The fraction of sp³-hybridized carbons (Fsp3) is 0.273. The average Bonchev–Trinajstić information content (AvgIpc) is 2.36. The molecule has 0 aliphatic heterocycles. The van der Waals surface area contributed by atoms with Crippen LogP contribution in [0.15, 0.2) is 23.1 Å². The first kappa shape index (κ1) is 15.5. The Hall–Kier alpha value is -1.60. The van der Waals surface area contributed by atoms with E-state index in [9.17, 15) is 18.0 Å².